The van der Waals surface area contributed by atoms with E-state index in [2.05, 4.69) is 15.9 Å². The van der Waals surface area contributed by atoms with E-state index < -0.39 is 0 Å². The van der Waals surface area contributed by atoms with Crippen LogP contribution in [0.3, 0.4) is 0 Å². The Morgan fingerprint density at radius 1 is 0.886 bits per heavy atom. The first-order chi connectivity index (χ1) is 16.1. The van der Waals surface area contributed by atoms with E-state index in [-0.39, 0.29) is 30.2 Å². The Morgan fingerprint density at radius 3 is 2.37 bits per heavy atom. The van der Waals surface area contributed by atoms with E-state index in [4.69, 9.17) is 20.8 Å². The molecule has 2 heterocycles. The normalized spacial score (nSPS) is 14.5. The van der Waals surface area contributed by atoms with Crippen LogP contribution in [0.25, 0.3) is 21.9 Å². The quantitative estimate of drug-likeness (QED) is 0.286. The van der Waals surface area contributed by atoms with Gasteiger partial charge in [-0.1, -0.05) is 29.8 Å². The highest BCUT2D eigenvalue weighted by Gasteiger charge is 2.17. The van der Waals surface area contributed by atoms with Crippen molar-refractivity contribution in [2.24, 2.45) is 0 Å². The number of halogens is 3. The third kappa shape index (κ3) is 6.29. The van der Waals surface area contributed by atoms with Crippen molar-refractivity contribution < 1.29 is 9.15 Å². The first kappa shape index (κ1) is 27.3. The van der Waals surface area contributed by atoms with Crippen LogP contribution in [0.15, 0.2) is 69.9 Å². The third-order valence-electron chi connectivity index (χ3n) is 6.32. The summed E-state index contributed by atoms with van der Waals surface area (Å²) in [6.45, 7) is 8.37. The van der Waals surface area contributed by atoms with Gasteiger partial charge < -0.3 is 9.15 Å². The minimum absolute atomic E-state index is 0. The van der Waals surface area contributed by atoms with E-state index in [1.807, 2.05) is 61.5 Å². The number of benzene rings is 3. The zero-order chi connectivity index (χ0) is 22.8. The first-order valence-electron chi connectivity index (χ1n) is 11.3. The van der Waals surface area contributed by atoms with Gasteiger partial charge in [0, 0.05) is 44.3 Å². The highest BCUT2D eigenvalue weighted by Crippen LogP contribution is 2.22. The van der Waals surface area contributed by atoms with Crippen LogP contribution in [-0.4, -0.2) is 49.1 Å². The summed E-state index contributed by atoms with van der Waals surface area (Å²) < 4.78 is 11.8. The second kappa shape index (κ2) is 12.1. The van der Waals surface area contributed by atoms with E-state index in [9.17, 15) is 4.79 Å². The lowest BCUT2D eigenvalue weighted by atomic mass is 10.1. The maximum absolute atomic E-state index is 12.9. The van der Waals surface area contributed by atoms with E-state index in [0.29, 0.717) is 28.5 Å². The minimum Gasteiger partial charge on any atom is -0.492 e. The monoisotopic (exact) mass is 534 g/mol. The molecule has 4 aromatic rings. The number of ether oxygens (including phenoxy) is 1. The summed E-state index contributed by atoms with van der Waals surface area (Å²) in [7, 11) is 0. The van der Waals surface area contributed by atoms with Crippen LogP contribution in [0.2, 0.25) is 5.02 Å². The molecule has 0 bridgehead atoms. The number of fused-ring (bicyclic) bond motifs is 2. The van der Waals surface area contributed by atoms with Crippen molar-refractivity contribution in [3.05, 3.63) is 87.0 Å². The van der Waals surface area contributed by atoms with Crippen LogP contribution in [0, 0.1) is 6.92 Å². The van der Waals surface area contributed by atoms with Gasteiger partial charge in [-0.05, 0) is 60.5 Å². The van der Waals surface area contributed by atoms with Crippen molar-refractivity contribution in [3.8, 4) is 5.75 Å². The number of nitrogens with zero attached hydrogens (tertiary/aromatic N) is 2. The maximum atomic E-state index is 12.9. The molecule has 5 rings (SSSR count). The average Bonchev–Trinajstić information content (AvgIpc) is 2.83. The number of piperazine rings is 1. The number of hydrogen-bond donors (Lipinski definition) is 0. The molecule has 0 aliphatic carbocycles. The summed E-state index contributed by atoms with van der Waals surface area (Å²) in [5.74, 6) is 0.865. The molecule has 0 radical (unpaired) electrons. The summed E-state index contributed by atoms with van der Waals surface area (Å²) in [4.78, 5) is 17.8. The molecule has 3 aromatic carbocycles. The van der Waals surface area contributed by atoms with Crippen LogP contribution in [0.5, 0.6) is 5.75 Å². The second-order valence-corrected chi connectivity index (χ2v) is 9.04. The summed E-state index contributed by atoms with van der Waals surface area (Å²) in [6.07, 6.45) is 0. The maximum Gasteiger partial charge on any atom is 0.200 e. The van der Waals surface area contributed by atoms with Gasteiger partial charge in [0.2, 0.25) is 5.43 Å². The molecule has 1 fully saturated rings. The Morgan fingerprint density at radius 2 is 1.60 bits per heavy atom. The lowest BCUT2D eigenvalue weighted by molar-refractivity contribution is 0.112. The predicted octanol–water partition coefficient (Wildman–Crippen LogP) is 5.95. The van der Waals surface area contributed by atoms with Crippen molar-refractivity contribution in [3.63, 3.8) is 0 Å². The van der Waals surface area contributed by atoms with Crippen molar-refractivity contribution in [2.75, 3.05) is 39.3 Å². The Labute approximate surface area is 222 Å². The third-order valence-corrected chi connectivity index (χ3v) is 6.74. The molecule has 5 nitrogen and oxygen atoms in total. The summed E-state index contributed by atoms with van der Waals surface area (Å²) >= 11 is 6.08. The topological polar surface area (TPSA) is 45.9 Å². The summed E-state index contributed by atoms with van der Waals surface area (Å²) in [5, 5.41) is 2.05. The second-order valence-electron chi connectivity index (χ2n) is 8.64. The van der Waals surface area contributed by atoms with Gasteiger partial charge in [-0.15, -0.1) is 24.8 Å². The van der Waals surface area contributed by atoms with Crippen molar-refractivity contribution >= 4 is 58.4 Å². The van der Waals surface area contributed by atoms with Crippen LogP contribution in [0.4, 0.5) is 0 Å². The molecule has 0 unspecified atom stereocenters. The molecule has 0 saturated carbocycles. The van der Waals surface area contributed by atoms with E-state index in [1.165, 1.54) is 0 Å². The molecule has 1 saturated heterocycles. The highest BCUT2D eigenvalue weighted by molar-refractivity contribution is 6.31. The fourth-order valence-corrected chi connectivity index (χ4v) is 4.50. The lowest BCUT2D eigenvalue weighted by Crippen LogP contribution is -2.47. The average molecular weight is 536 g/mol. The molecular weight excluding hydrogens is 507 g/mol. The fourth-order valence-electron chi connectivity index (χ4n) is 4.38. The molecule has 0 N–H and O–H groups in total. The van der Waals surface area contributed by atoms with E-state index >= 15 is 0 Å². The Balaban J connectivity index is 0.00000171. The molecule has 186 valence electrons. The van der Waals surface area contributed by atoms with Gasteiger partial charge >= 0.3 is 0 Å². The van der Waals surface area contributed by atoms with Crippen molar-refractivity contribution in [1.82, 2.24) is 9.80 Å². The van der Waals surface area contributed by atoms with Crippen LogP contribution in [-0.2, 0) is 6.54 Å². The van der Waals surface area contributed by atoms with Crippen LogP contribution in [0.1, 0.15) is 11.1 Å². The van der Waals surface area contributed by atoms with Gasteiger partial charge in [-0.3, -0.25) is 14.6 Å². The molecule has 0 spiro atoms. The Hall–Kier alpha value is -2.28. The predicted molar refractivity (Wildman–Crippen MR) is 148 cm³/mol. The molecule has 1 aromatic heterocycles. The number of para-hydroxylation sites is 1. The molecule has 0 amide bonds. The molecule has 1 aliphatic heterocycles. The number of aryl methyl sites for hydroxylation is 1. The largest absolute Gasteiger partial charge is 0.492 e. The minimum atomic E-state index is 0. The van der Waals surface area contributed by atoms with Gasteiger partial charge in [0.25, 0.3) is 0 Å². The van der Waals surface area contributed by atoms with Crippen LogP contribution >= 0.6 is 36.4 Å². The van der Waals surface area contributed by atoms with Gasteiger partial charge in [0.15, 0.2) is 0 Å². The SMILES string of the molecule is Cc1cc(OCCN2CCN(Cc3ccc4oc5ccccc5c(=O)c4c3)CC2)ccc1Cl.Cl.Cl. The van der Waals surface area contributed by atoms with E-state index in [0.717, 1.165) is 61.2 Å². The van der Waals surface area contributed by atoms with E-state index in [1.54, 1.807) is 0 Å². The van der Waals surface area contributed by atoms with Gasteiger partial charge in [0.05, 0.1) is 10.8 Å². The van der Waals surface area contributed by atoms with Gasteiger partial charge in [-0.2, -0.15) is 0 Å². The smallest absolute Gasteiger partial charge is 0.200 e. The Bertz CT molecular complexity index is 1350. The standard InChI is InChI=1S/C27H27ClN2O3.2ClH/c1-19-16-21(7-8-24(19)28)32-15-14-29-10-12-30(13-11-29)18-20-6-9-26-23(17-20)27(31)22-4-2-3-5-25(22)33-26;;/h2-9,16-17H,10-15,18H2,1H3;2*1H. The zero-order valence-corrected chi connectivity index (χ0v) is 21.9. The van der Waals surface area contributed by atoms with Gasteiger partial charge in [0.1, 0.15) is 23.5 Å². The van der Waals surface area contributed by atoms with Crippen LogP contribution < -0.4 is 10.2 Å². The molecule has 8 heteroatoms. The highest BCUT2D eigenvalue weighted by atomic mass is 35.5. The molecular formula is C27H29Cl3N2O3. The number of hydrogen-bond acceptors (Lipinski definition) is 5. The number of rotatable bonds is 6. The van der Waals surface area contributed by atoms with Crippen molar-refractivity contribution in [2.45, 2.75) is 13.5 Å². The zero-order valence-electron chi connectivity index (χ0n) is 19.5. The Kier molecular flexibility index (Phi) is 9.45. The van der Waals surface area contributed by atoms with Gasteiger partial charge in [-0.25, -0.2) is 0 Å². The lowest BCUT2D eigenvalue weighted by Gasteiger charge is -2.34. The first-order valence-corrected chi connectivity index (χ1v) is 11.7. The fraction of sp³-hybridized carbons (Fsp3) is 0.296. The summed E-state index contributed by atoms with van der Waals surface area (Å²) in [6, 6.07) is 19.2. The molecule has 1 aliphatic rings. The summed E-state index contributed by atoms with van der Waals surface area (Å²) in [5.41, 5.74) is 3.48. The molecule has 0 atom stereocenters. The van der Waals surface area contributed by atoms with Crippen molar-refractivity contribution in [1.29, 1.82) is 0 Å². The molecule has 35 heavy (non-hydrogen) atoms.